The van der Waals surface area contributed by atoms with E-state index >= 15 is 0 Å². The second kappa shape index (κ2) is 9.26. The molecule has 0 radical (unpaired) electrons. The number of carbonyl (C=O) groups excluding carboxylic acids is 1. The van der Waals surface area contributed by atoms with Crippen LogP contribution in [0.5, 0.6) is 0 Å². The first-order valence-electron chi connectivity index (χ1n) is 9.28. The number of anilines is 1. The Bertz CT molecular complexity index is 833. The van der Waals surface area contributed by atoms with Crippen molar-refractivity contribution in [1.29, 1.82) is 0 Å². The van der Waals surface area contributed by atoms with Crippen LogP contribution in [-0.4, -0.2) is 23.9 Å². The van der Waals surface area contributed by atoms with E-state index in [1.807, 2.05) is 24.3 Å². The van der Waals surface area contributed by atoms with Crippen molar-refractivity contribution in [3.05, 3.63) is 62.7 Å². The molecule has 150 valence electrons. The molecule has 3 rings (SSSR count). The number of hydrogen-bond acceptors (Lipinski definition) is 2. The number of rotatable bonds is 5. The maximum Gasteiger partial charge on any atom is 0.416 e. The molecular weight excluding hydrogens is 480 g/mol. The average molecular weight is 502 g/mol. The lowest BCUT2D eigenvalue weighted by molar-refractivity contribution is -0.138. The number of hydrogen-bond donors (Lipinski definition) is 1. The number of nitrogens with zero attached hydrogens (tertiary/aromatic N) is 1. The van der Waals surface area contributed by atoms with E-state index in [0.717, 1.165) is 47.6 Å². The van der Waals surface area contributed by atoms with Crippen molar-refractivity contribution in [1.82, 2.24) is 4.90 Å². The smallest absolute Gasteiger partial charge is 0.326 e. The van der Waals surface area contributed by atoms with E-state index in [4.69, 9.17) is 0 Å². The predicted molar refractivity (Wildman–Crippen MR) is 112 cm³/mol. The van der Waals surface area contributed by atoms with E-state index in [1.54, 1.807) is 6.07 Å². The molecule has 1 N–H and O–H groups in total. The van der Waals surface area contributed by atoms with Crippen LogP contribution < -0.4 is 5.32 Å². The third kappa shape index (κ3) is 5.94. The zero-order chi connectivity index (χ0) is 20.1. The fourth-order valence-corrected chi connectivity index (χ4v) is 4.06. The molecule has 1 heterocycles. The molecule has 0 bridgehead atoms. The third-order valence-corrected chi connectivity index (χ3v) is 5.47. The highest BCUT2D eigenvalue weighted by molar-refractivity contribution is 14.1. The molecule has 1 aliphatic heterocycles. The standard InChI is InChI=1S/C21H22F3IN2O/c22-21(23,24)19-13-18(8-7-16(19)14-27-9-2-1-3-10-27)26-20(28)12-15-5-4-6-17(25)11-15/h4-8,11,13H,1-3,9-10,12,14H2,(H,26,28). The number of likely N-dealkylation sites (tertiary alicyclic amines) is 1. The van der Waals surface area contributed by atoms with Crippen LogP contribution in [0.3, 0.4) is 0 Å². The van der Waals surface area contributed by atoms with Crippen LogP contribution >= 0.6 is 22.6 Å². The highest BCUT2D eigenvalue weighted by atomic mass is 127. The van der Waals surface area contributed by atoms with E-state index in [9.17, 15) is 18.0 Å². The van der Waals surface area contributed by atoms with E-state index < -0.39 is 11.7 Å². The van der Waals surface area contributed by atoms with Gasteiger partial charge in [0.15, 0.2) is 0 Å². The zero-order valence-electron chi connectivity index (χ0n) is 15.4. The number of benzene rings is 2. The van der Waals surface area contributed by atoms with Crippen molar-refractivity contribution in [2.75, 3.05) is 18.4 Å². The molecule has 0 aliphatic carbocycles. The molecule has 3 nitrogen and oxygen atoms in total. The van der Waals surface area contributed by atoms with Crippen LogP contribution in [0.25, 0.3) is 0 Å². The summed E-state index contributed by atoms with van der Waals surface area (Å²) in [5.41, 5.74) is 0.572. The molecule has 0 atom stereocenters. The molecule has 2 aromatic rings. The van der Waals surface area contributed by atoms with Crippen LogP contribution in [0.1, 0.15) is 36.0 Å². The largest absolute Gasteiger partial charge is 0.416 e. The Morgan fingerprint density at radius 3 is 2.50 bits per heavy atom. The fraction of sp³-hybridized carbons (Fsp3) is 0.381. The van der Waals surface area contributed by atoms with E-state index in [0.29, 0.717) is 0 Å². The molecule has 28 heavy (non-hydrogen) atoms. The van der Waals surface area contributed by atoms with E-state index in [2.05, 4.69) is 32.8 Å². The summed E-state index contributed by atoms with van der Waals surface area (Å²) in [6.07, 6.45) is -1.16. The van der Waals surface area contributed by atoms with Crippen LogP contribution in [0, 0.1) is 3.57 Å². The van der Waals surface area contributed by atoms with Crippen molar-refractivity contribution < 1.29 is 18.0 Å². The first-order chi connectivity index (χ1) is 13.3. The Morgan fingerprint density at radius 2 is 1.82 bits per heavy atom. The maximum absolute atomic E-state index is 13.6. The van der Waals surface area contributed by atoms with Crippen molar-refractivity contribution in [3.8, 4) is 0 Å². The van der Waals surface area contributed by atoms with Gasteiger partial charge >= 0.3 is 6.18 Å². The van der Waals surface area contributed by atoms with Crippen molar-refractivity contribution in [3.63, 3.8) is 0 Å². The maximum atomic E-state index is 13.6. The monoisotopic (exact) mass is 502 g/mol. The predicted octanol–water partition coefficient (Wildman–Crippen LogP) is 5.48. The van der Waals surface area contributed by atoms with Gasteiger partial charge in [-0.3, -0.25) is 9.69 Å². The van der Waals surface area contributed by atoms with Crippen molar-refractivity contribution in [2.24, 2.45) is 0 Å². The van der Waals surface area contributed by atoms with Gasteiger partial charge in [-0.2, -0.15) is 13.2 Å². The minimum atomic E-state index is -4.46. The van der Waals surface area contributed by atoms with Gasteiger partial charge in [0.1, 0.15) is 0 Å². The van der Waals surface area contributed by atoms with Crippen LogP contribution in [0.2, 0.25) is 0 Å². The first kappa shape index (κ1) is 21.1. The molecular formula is C21H22F3IN2O. The summed E-state index contributed by atoms with van der Waals surface area (Å²) < 4.78 is 41.7. The van der Waals surface area contributed by atoms with Gasteiger partial charge in [-0.15, -0.1) is 0 Å². The second-order valence-corrected chi connectivity index (χ2v) is 8.31. The highest BCUT2D eigenvalue weighted by Crippen LogP contribution is 2.34. The summed E-state index contributed by atoms with van der Waals surface area (Å²) in [6, 6.07) is 11.6. The first-order valence-corrected chi connectivity index (χ1v) is 10.4. The number of alkyl halides is 3. The summed E-state index contributed by atoms with van der Waals surface area (Å²) in [7, 11) is 0. The average Bonchev–Trinajstić information content (AvgIpc) is 2.63. The Kier molecular flexibility index (Phi) is 6.98. The van der Waals surface area contributed by atoms with Crippen molar-refractivity contribution in [2.45, 2.75) is 38.4 Å². The summed E-state index contributed by atoms with van der Waals surface area (Å²) in [5.74, 6) is -0.334. The van der Waals surface area contributed by atoms with Crippen LogP contribution in [-0.2, 0) is 23.9 Å². The molecule has 0 unspecified atom stereocenters. The summed E-state index contributed by atoms with van der Waals surface area (Å²) in [4.78, 5) is 14.3. The molecule has 2 aromatic carbocycles. The molecule has 1 saturated heterocycles. The topological polar surface area (TPSA) is 32.3 Å². The Balaban J connectivity index is 1.73. The number of piperidine rings is 1. The number of carbonyl (C=O) groups is 1. The lowest BCUT2D eigenvalue weighted by Crippen LogP contribution is -2.30. The molecule has 0 spiro atoms. The lowest BCUT2D eigenvalue weighted by Gasteiger charge is -2.27. The Labute approximate surface area is 176 Å². The number of nitrogens with one attached hydrogen (secondary N) is 1. The van der Waals surface area contributed by atoms with Crippen molar-refractivity contribution >= 4 is 34.2 Å². The van der Waals surface area contributed by atoms with Gasteiger partial charge in [-0.25, -0.2) is 0 Å². The minimum absolute atomic E-state index is 0.119. The van der Waals surface area contributed by atoms with Gasteiger partial charge in [0.2, 0.25) is 5.91 Å². The Morgan fingerprint density at radius 1 is 1.07 bits per heavy atom. The fourth-order valence-electron chi connectivity index (χ4n) is 3.45. The summed E-state index contributed by atoms with van der Waals surface area (Å²) in [6.45, 7) is 1.93. The van der Waals surface area contributed by atoms with Gasteiger partial charge in [0.05, 0.1) is 12.0 Å². The molecule has 1 fully saturated rings. The van der Waals surface area contributed by atoms with E-state index in [1.165, 1.54) is 6.07 Å². The molecule has 7 heteroatoms. The lowest BCUT2D eigenvalue weighted by atomic mass is 10.0. The van der Waals surface area contributed by atoms with Gasteiger partial charge in [0.25, 0.3) is 0 Å². The zero-order valence-corrected chi connectivity index (χ0v) is 17.5. The minimum Gasteiger partial charge on any atom is -0.326 e. The van der Waals surface area contributed by atoms with Gasteiger partial charge in [0, 0.05) is 15.8 Å². The van der Waals surface area contributed by atoms with E-state index in [-0.39, 0.29) is 30.1 Å². The van der Waals surface area contributed by atoms with Crippen LogP contribution in [0.15, 0.2) is 42.5 Å². The summed E-state index contributed by atoms with van der Waals surface area (Å²) >= 11 is 2.15. The molecule has 1 amide bonds. The number of halogens is 4. The van der Waals surface area contributed by atoms with Crippen LogP contribution in [0.4, 0.5) is 18.9 Å². The Hall–Kier alpha value is -1.61. The second-order valence-electron chi connectivity index (χ2n) is 7.06. The molecule has 0 aromatic heterocycles. The normalized spacial score (nSPS) is 15.4. The van der Waals surface area contributed by atoms with Gasteiger partial charge in [-0.1, -0.05) is 24.6 Å². The van der Waals surface area contributed by atoms with Gasteiger partial charge in [-0.05, 0) is 83.9 Å². The van der Waals surface area contributed by atoms with Gasteiger partial charge < -0.3 is 5.32 Å². The summed E-state index contributed by atoms with van der Waals surface area (Å²) in [5, 5.41) is 2.60. The number of amides is 1. The third-order valence-electron chi connectivity index (χ3n) is 4.80. The quantitative estimate of drug-likeness (QED) is 0.550. The highest BCUT2D eigenvalue weighted by Gasteiger charge is 2.34. The molecule has 0 saturated carbocycles. The molecule has 1 aliphatic rings. The SMILES string of the molecule is O=C(Cc1cccc(I)c1)Nc1ccc(CN2CCCCC2)c(C(F)(F)F)c1.